The molecule has 0 amide bonds. The number of phenols is 2. The van der Waals surface area contributed by atoms with E-state index >= 15 is 0 Å². The molecular weight excluding hydrogens is 476 g/mol. The van der Waals surface area contributed by atoms with Crippen LogP contribution in [0, 0.1) is 11.3 Å². The Labute approximate surface area is 220 Å². The summed E-state index contributed by atoms with van der Waals surface area (Å²) < 4.78 is 1.71. The molecule has 0 spiro atoms. The van der Waals surface area contributed by atoms with Gasteiger partial charge in [0.25, 0.3) is 0 Å². The number of aromatic nitrogens is 4. The maximum atomic E-state index is 10.7. The zero-order valence-corrected chi connectivity index (χ0v) is 20.8. The van der Waals surface area contributed by atoms with Crippen LogP contribution < -0.4 is 5.32 Å². The minimum absolute atomic E-state index is 0.0288. The van der Waals surface area contributed by atoms with Crippen molar-refractivity contribution in [2.24, 2.45) is 0 Å². The van der Waals surface area contributed by atoms with Crippen molar-refractivity contribution in [2.45, 2.75) is 26.4 Å². The van der Waals surface area contributed by atoms with Crippen molar-refractivity contribution in [3.05, 3.63) is 107 Å². The SMILES string of the molecule is CCc1cc(-c2nnn(Cc3ccccc3C#N)c2-c2ccc(NCc3ccccc3)nc2)c(O)cc1O. The first-order valence-electron chi connectivity index (χ1n) is 12.3. The molecule has 8 heteroatoms. The van der Waals surface area contributed by atoms with Crippen LogP contribution in [0.1, 0.15) is 29.2 Å². The van der Waals surface area contributed by atoms with E-state index in [1.165, 1.54) is 6.07 Å². The Morgan fingerprint density at radius 3 is 2.45 bits per heavy atom. The normalized spacial score (nSPS) is 10.7. The van der Waals surface area contributed by atoms with Crippen molar-refractivity contribution in [3.8, 4) is 40.1 Å². The third kappa shape index (κ3) is 5.04. The molecule has 2 heterocycles. The van der Waals surface area contributed by atoms with Crippen molar-refractivity contribution in [2.75, 3.05) is 5.32 Å². The lowest BCUT2D eigenvalue weighted by atomic mass is 10.0. The Balaban J connectivity index is 1.55. The van der Waals surface area contributed by atoms with E-state index in [4.69, 9.17) is 0 Å². The molecule has 0 bridgehead atoms. The predicted octanol–water partition coefficient (Wildman–Crippen LogP) is 5.51. The molecule has 5 rings (SSSR count). The maximum absolute atomic E-state index is 10.7. The number of phenolic OH excluding ortho intramolecular Hbond substituents is 2. The van der Waals surface area contributed by atoms with E-state index in [-0.39, 0.29) is 11.5 Å². The summed E-state index contributed by atoms with van der Waals surface area (Å²) in [5, 5.41) is 42.7. The molecule has 8 nitrogen and oxygen atoms in total. The molecule has 0 radical (unpaired) electrons. The molecule has 0 aliphatic rings. The predicted molar refractivity (Wildman–Crippen MR) is 145 cm³/mol. The van der Waals surface area contributed by atoms with E-state index in [9.17, 15) is 15.5 Å². The highest BCUT2D eigenvalue weighted by Crippen LogP contribution is 2.39. The van der Waals surface area contributed by atoms with Crippen LogP contribution in [0.2, 0.25) is 0 Å². The van der Waals surface area contributed by atoms with Crippen LogP contribution in [0.25, 0.3) is 22.5 Å². The summed E-state index contributed by atoms with van der Waals surface area (Å²) in [6, 6.07) is 26.5. The van der Waals surface area contributed by atoms with Gasteiger partial charge < -0.3 is 15.5 Å². The van der Waals surface area contributed by atoms with Gasteiger partial charge in [-0.05, 0) is 47.4 Å². The van der Waals surface area contributed by atoms with Gasteiger partial charge in [0.05, 0.1) is 23.9 Å². The van der Waals surface area contributed by atoms with Crippen LogP contribution in [-0.4, -0.2) is 30.2 Å². The van der Waals surface area contributed by atoms with Crippen LogP contribution in [-0.2, 0) is 19.5 Å². The largest absolute Gasteiger partial charge is 0.508 e. The smallest absolute Gasteiger partial charge is 0.128 e. The van der Waals surface area contributed by atoms with Gasteiger partial charge >= 0.3 is 0 Å². The molecule has 38 heavy (non-hydrogen) atoms. The summed E-state index contributed by atoms with van der Waals surface area (Å²) in [5.41, 5.74) is 5.48. The van der Waals surface area contributed by atoms with Crippen LogP contribution in [0.4, 0.5) is 5.82 Å². The number of anilines is 1. The Morgan fingerprint density at radius 2 is 1.71 bits per heavy atom. The lowest BCUT2D eigenvalue weighted by molar-refractivity contribution is 0.447. The summed E-state index contributed by atoms with van der Waals surface area (Å²) in [7, 11) is 0. The molecule has 5 aromatic rings. The average molecular weight is 503 g/mol. The fourth-order valence-corrected chi connectivity index (χ4v) is 4.34. The fraction of sp³-hybridized carbons (Fsp3) is 0.133. The molecule has 0 aliphatic carbocycles. The standard InChI is InChI=1S/C30H26N6O2/c1-2-21-14-25(27(38)15-26(21)37)29-30(36(35-34-29)19-24-11-7-6-10-22(24)16-31)23-12-13-28(33-18-23)32-17-20-8-4-3-5-9-20/h3-15,18,37-38H,2,17,19H2,1H3,(H,32,33). The lowest BCUT2D eigenvalue weighted by Crippen LogP contribution is -2.06. The number of hydrogen-bond donors (Lipinski definition) is 3. The number of nitriles is 1. The minimum atomic E-state index is -0.0977. The highest BCUT2D eigenvalue weighted by atomic mass is 16.3. The average Bonchev–Trinajstić information content (AvgIpc) is 3.36. The number of aryl methyl sites for hydroxylation is 1. The topological polar surface area (TPSA) is 120 Å². The number of aromatic hydroxyl groups is 2. The molecule has 0 aliphatic heterocycles. The Bertz CT molecular complexity index is 1600. The molecule has 0 unspecified atom stereocenters. The third-order valence-electron chi connectivity index (χ3n) is 6.38. The molecular formula is C30H26N6O2. The third-order valence-corrected chi connectivity index (χ3v) is 6.38. The van der Waals surface area contributed by atoms with E-state index in [1.54, 1.807) is 23.0 Å². The van der Waals surface area contributed by atoms with Gasteiger partial charge in [0, 0.05) is 29.9 Å². The number of benzene rings is 3. The summed E-state index contributed by atoms with van der Waals surface area (Å²) in [6.45, 7) is 2.88. The second kappa shape index (κ2) is 10.8. The second-order valence-electron chi connectivity index (χ2n) is 8.84. The maximum Gasteiger partial charge on any atom is 0.128 e. The van der Waals surface area contributed by atoms with E-state index in [0.29, 0.717) is 53.4 Å². The Hall–Kier alpha value is -5.16. The first-order valence-corrected chi connectivity index (χ1v) is 12.3. The lowest BCUT2D eigenvalue weighted by Gasteiger charge is -2.12. The van der Waals surface area contributed by atoms with Gasteiger partial charge in [0.2, 0.25) is 0 Å². The molecule has 0 saturated carbocycles. The van der Waals surface area contributed by atoms with Crippen LogP contribution in [0.15, 0.2) is 85.1 Å². The summed E-state index contributed by atoms with van der Waals surface area (Å²) >= 11 is 0. The van der Waals surface area contributed by atoms with Crippen LogP contribution in [0.5, 0.6) is 11.5 Å². The highest BCUT2D eigenvalue weighted by Gasteiger charge is 2.22. The number of nitrogens with zero attached hydrogens (tertiary/aromatic N) is 5. The van der Waals surface area contributed by atoms with Crippen molar-refractivity contribution in [1.29, 1.82) is 5.26 Å². The van der Waals surface area contributed by atoms with Gasteiger partial charge in [0.1, 0.15) is 23.0 Å². The number of nitrogens with one attached hydrogen (secondary N) is 1. The zero-order chi connectivity index (χ0) is 26.5. The van der Waals surface area contributed by atoms with Gasteiger partial charge in [-0.2, -0.15) is 5.26 Å². The first-order chi connectivity index (χ1) is 18.6. The molecule has 2 aromatic heterocycles. The van der Waals surface area contributed by atoms with Gasteiger partial charge in [0.15, 0.2) is 0 Å². The summed E-state index contributed by atoms with van der Waals surface area (Å²) in [6.07, 6.45) is 2.32. The molecule has 3 N–H and O–H groups in total. The summed E-state index contributed by atoms with van der Waals surface area (Å²) in [4.78, 5) is 4.60. The van der Waals surface area contributed by atoms with Crippen LogP contribution >= 0.6 is 0 Å². The van der Waals surface area contributed by atoms with E-state index < -0.39 is 0 Å². The number of pyridine rings is 1. The zero-order valence-electron chi connectivity index (χ0n) is 20.8. The van der Waals surface area contributed by atoms with E-state index in [0.717, 1.165) is 16.7 Å². The van der Waals surface area contributed by atoms with E-state index in [1.807, 2.05) is 67.6 Å². The van der Waals surface area contributed by atoms with Gasteiger partial charge in [-0.1, -0.05) is 60.7 Å². The van der Waals surface area contributed by atoms with Crippen molar-refractivity contribution >= 4 is 5.82 Å². The summed E-state index contributed by atoms with van der Waals surface area (Å²) in [5.74, 6) is 0.648. The molecule has 0 fully saturated rings. The Kier molecular flexibility index (Phi) is 7.00. The first kappa shape index (κ1) is 24.5. The quantitative estimate of drug-likeness (QED) is 0.256. The number of rotatable bonds is 8. The van der Waals surface area contributed by atoms with E-state index in [2.05, 4.69) is 26.7 Å². The molecule has 0 atom stereocenters. The molecule has 3 aromatic carbocycles. The highest BCUT2D eigenvalue weighted by molar-refractivity contribution is 5.82. The molecule has 188 valence electrons. The monoisotopic (exact) mass is 502 g/mol. The van der Waals surface area contributed by atoms with Gasteiger partial charge in [-0.25, -0.2) is 9.67 Å². The Morgan fingerprint density at radius 1 is 0.921 bits per heavy atom. The van der Waals surface area contributed by atoms with Crippen molar-refractivity contribution in [3.63, 3.8) is 0 Å². The van der Waals surface area contributed by atoms with Crippen molar-refractivity contribution in [1.82, 2.24) is 20.0 Å². The molecule has 0 saturated heterocycles. The fourth-order valence-electron chi connectivity index (χ4n) is 4.34. The van der Waals surface area contributed by atoms with Gasteiger partial charge in [-0.3, -0.25) is 0 Å². The minimum Gasteiger partial charge on any atom is -0.508 e. The van der Waals surface area contributed by atoms with Gasteiger partial charge in [-0.15, -0.1) is 5.10 Å². The second-order valence-corrected chi connectivity index (χ2v) is 8.84. The van der Waals surface area contributed by atoms with Crippen molar-refractivity contribution < 1.29 is 10.2 Å². The van der Waals surface area contributed by atoms with Crippen LogP contribution in [0.3, 0.4) is 0 Å². The number of hydrogen-bond acceptors (Lipinski definition) is 7.